The Morgan fingerprint density at radius 3 is 2.39 bits per heavy atom. The molecule has 4 heteroatoms. The molecule has 1 atom stereocenters. The standard InChI is InChI=1S/C14H23NO3/c1-4-12(16)10-15-11-7-8-13(17-5-2)14(9-11)18-6-3/h7-9,12,15-16H,4-6,10H2,1-3H3. The number of hydrogen-bond acceptors (Lipinski definition) is 4. The summed E-state index contributed by atoms with van der Waals surface area (Å²) in [6, 6.07) is 5.71. The molecule has 0 bridgehead atoms. The average Bonchev–Trinajstić information content (AvgIpc) is 2.39. The minimum atomic E-state index is -0.327. The van der Waals surface area contributed by atoms with E-state index in [9.17, 15) is 5.11 Å². The number of aliphatic hydroxyl groups is 1. The maximum Gasteiger partial charge on any atom is 0.163 e. The van der Waals surface area contributed by atoms with Crippen molar-refractivity contribution in [1.29, 1.82) is 0 Å². The maximum absolute atomic E-state index is 9.51. The normalized spacial score (nSPS) is 12.0. The van der Waals surface area contributed by atoms with Crippen LogP contribution in [0.5, 0.6) is 11.5 Å². The molecule has 102 valence electrons. The third-order valence-corrected chi connectivity index (χ3v) is 2.56. The fourth-order valence-electron chi connectivity index (χ4n) is 1.54. The van der Waals surface area contributed by atoms with Gasteiger partial charge in [0.15, 0.2) is 11.5 Å². The Bertz CT molecular complexity index is 355. The molecule has 1 unspecified atom stereocenters. The van der Waals surface area contributed by atoms with Gasteiger partial charge < -0.3 is 19.9 Å². The molecule has 0 fully saturated rings. The molecule has 0 saturated heterocycles. The minimum absolute atomic E-state index is 0.327. The van der Waals surface area contributed by atoms with E-state index in [4.69, 9.17) is 9.47 Å². The highest BCUT2D eigenvalue weighted by atomic mass is 16.5. The van der Waals surface area contributed by atoms with Gasteiger partial charge in [-0.25, -0.2) is 0 Å². The van der Waals surface area contributed by atoms with Crippen LogP contribution in [0.15, 0.2) is 18.2 Å². The molecule has 0 radical (unpaired) electrons. The Labute approximate surface area is 109 Å². The smallest absolute Gasteiger partial charge is 0.163 e. The molecule has 0 amide bonds. The van der Waals surface area contributed by atoms with E-state index in [0.29, 0.717) is 19.8 Å². The first-order valence-electron chi connectivity index (χ1n) is 6.52. The largest absolute Gasteiger partial charge is 0.490 e. The first-order chi connectivity index (χ1) is 8.71. The second-order valence-corrected chi connectivity index (χ2v) is 3.97. The zero-order valence-electron chi connectivity index (χ0n) is 11.4. The van der Waals surface area contributed by atoms with Gasteiger partial charge in [-0.15, -0.1) is 0 Å². The Morgan fingerprint density at radius 1 is 1.11 bits per heavy atom. The first-order valence-corrected chi connectivity index (χ1v) is 6.52. The number of benzene rings is 1. The second kappa shape index (κ2) is 7.82. The van der Waals surface area contributed by atoms with Gasteiger partial charge in [0.2, 0.25) is 0 Å². The van der Waals surface area contributed by atoms with Gasteiger partial charge in [0, 0.05) is 18.3 Å². The van der Waals surface area contributed by atoms with E-state index in [-0.39, 0.29) is 6.10 Å². The summed E-state index contributed by atoms with van der Waals surface area (Å²) >= 11 is 0. The summed E-state index contributed by atoms with van der Waals surface area (Å²) in [5.41, 5.74) is 0.925. The van der Waals surface area contributed by atoms with E-state index < -0.39 is 0 Å². The van der Waals surface area contributed by atoms with Crippen molar-refractivity contribution in [2.24, 2.45) is 0 Å². The van der Waals surface area contributed by atoms with E-state index in [0.717, 1.165) is 23.6 Å². The number of aliphatic hydroxyl groups excluding tert-OH is 1. The molecule has 0 aliphatic carbocycles. The summed E-state index contributed by atoms with van der Waals surface area (Å²) in [5, 5.41) is 12.7. The van der Waals surface area contributed by atoms with Gasteiger partial charge in [0.25, 0.3) is 0 Å². The number of anilines is 1. The van der Waals surface area contributed by atoms with Gasteiger partial charge in [-0.2, -0.15) is 0 Å². The second-order valence-electron chi connectivity index (χ2n) is 3.97. The van der Waals surface area contributed by atoms with Crippen molar-refractivity contribution >= 4 is 5.69 Å². The van der Waals surface area contributed by atoms with Crippen LogP contribution >= 0.6 is 0 Å². The zero-order chi connectivity index (χ0) is 13.4. The van der Waals surface area contributed by atoms with E-state index >= 15 is 0 Å². The van der Waals surface area contributed by atoms with Crippen LogP contribution in [0.3, 0.4) is 0 Å². The first kappa shape index (κ1) is 14.6. The van der Waals surface area contributed by atoms with Gasteiger partial charge in [0.05, 0.1) is 19.3 Å². The van der Waals surface area contributed by atoms with Crippen molar-refractivity contribution in [3.63, 3.8) is 0 Å². The van der Waals surface area contributed by atoms with Crippen LogP contribution in [0.2, 0.25) is 0 Å². The topological polar surface area (TPSA) is 50.7 Å². The van der Waals surface area contributed by atoms with Gasteiger partial charge >= 0.3 is 0 Å². The SMILES string of the molecule is CCOc1ccc(NCC(O)CC)cc1OCC. The lowest BCUT2D eigenvalue weighted by atomic mass is 10.2. The Morgan fingerprint density at radius 2 is 1.78 bits per heavy atom. The lowest BCUT2D eigenvalue weighted by molar-refractivity contribution is 0.183. The number of nitrogens with one attached hydrogen (secondary N) is 1. The minimum Gasteiger partial charge on any atom is -0.490 e. The van der Waals surface area contributed by atoms with Crippen molar-refractivity contribution in [2.75, 3.05) is 25.1 Å². The van der Waals surface area contributed by atoms with Crippen LogP contribution in [-0.4, -0.2) is 31.0 Å². The molecular formula is C14H23NO3. The Hall–Kier alpha value is -1.42. The molecule has 0 heterocycles. The number of hydrogen-bond donors (Lipinski definition) is 2. The fourth-order valence-corrected chi connectivity index (χ4v) is 1.54. The average molecular weight is 253 g/mol. The third kappa shape index (κ3) is 4.45. The van der Waals surface area contributed by atoms with Gasteiger partial charge in [-0.05, 0) is 32.4 Å². The number of rotatable bonds is 8. The monoisotopic (exact) mass is 253 g/mol. The molecule has 0 aliphatic heterocycles. The predicted molar refractivity (Wildman–Crippen MR) is 73.6 cm³/mol. The predicted octanol–water partition coefficient (Wildman–Crippen LogP) is 2.67. The molecule has 0 saturated carbocycles. The molecule has 4 nitrogen and oxygen atoms in total. The quantitative estimate of drug-likeness (QED) is 0.748. The van der Waals surface area contributed by atoms with E-state index in [1.165, 1.54) is 0 Å². The summed E-state index contributed by atoms with van der Waals surface area (Å²) in [6.07, 6.45) is 0.412. The van der Waals surface area contributed by atoms with Crippen LogP contribution < -0.4 is 14.8 Å². The highest BCUT2D eigenvalue weighted by Gasteiger charge is 2.07. The summed E-state index contributed by atoms with van der Waals surface area (Å²) in [7, 11) is 0. The molecule has 0 aliphatic rings. The van der Waals surface area contributed by atoms with Gasteiger partial charge in [-0.3, -0.25) is 0 Å². The molecule has 0 spiro atoms. The van der Waals surface area contributed by atoms with Crippen molar-refractivity contribution in [3.05, 3.63) is 18.2 Å². The lowest BCUT2D eigenvalue weighted by Gasteiger charge is -2.14. The van der Waals surface area contributed by atoms with Crippen molar-refractivity contribution < 1.29 is 14.6 Å². The molecule has 1 aromatic rings. The molecule has 18 heavy (non-hydrogen) atoms. The van der Waals surface area contributed by atoms with Crippen LogP contribution in [0.4, 0.5) is 5.69 Å². The van der Waals surface area contributed by atoms with Crippen LogP contribution in [0, 0.1) is 0 Å². The van der Waals surface area contributed by atoms with Gasteiger partial charge in [0.1, 0.15) is 0 Å². The van der Waals surface area contributed by atoms with Gasteiger partial charge in [-0.1, -0.05) is 6.92 Å². The van der Waals surface area contributed by atoms with Crippen LogP contribution in [0.1, 0.15) is 27.2 Å². The molecule has 1 aromatic carbocycles. The van der Waals surface area contributed by atoms with Crippen molar-refractivity contribution in [3.8, 4) is 11.5 Å². The highest BCUT2D eigenvalue weighted by molar-refractivity contribution is 5.54. The highest BCUT2D eigenvalue weighted by Crippen LogP contribution is 2.30. The molecular weight excluding hydrogens is 230 g/mol. The summed E-state index contributed by atoms with van der Waals surface area (Å²) in [5.74, 6) is 1.48. The molecule has 1 rings (SSSR count). The van der Waals surface area contributed by atoms with E-state index in [1.807, 2.05) is 39.0 Å². The Balaban J connectivity index is 2.72. The lowest BCUT2D eigenvalue weighted by Crippen LogP contribution is -2.18. The zero-order valence-corrected chi connectivity index (χ0v) is 11.4. The molecule has 2 N–H and O–H groups in total. The van der Waals surface area contributed by atoms with Crippen LogP contribution in [-0.2, 0) is 0 Å². The fraction of sp³-hybridized carbons (Fsp3) is 0.571. The summed E-state index contributed by atoms with van der Waals surface area (Å²) in [4.78, 5) is 0. The third-order valence-electron chi connectivity index (χ3n) is 2.56. The molecule has 0 aromatic heterocycles. The Kier molecular flexibility index (Phi) is 6.36. The van der Waals surface area contributed by atoms with E-state index in [1.54, 1.807) is 0 Å². The van der Waals surface area contributed by atoms with E-state index in [2.05, 4.69) is 5.32 Å². The maximum atomic E-state index is 9.51. The summed E-state index contributed by atoms with van der Waals surface area (Å²) in [6.45, 7) is 7.59. The van der Waals surface area contributed by atoms with Crippen molar-refractivity contribution in [2.45, 2.75) is 33.3 Å². The van der Waals surface area contributed by atoms with Crippen LogP contribution in [0.25, 0.3) is 0 Å². The van der Waals surface area contributed by atoms with Crippen molar-refractivity contribution in [1.82, 2.24) is 0 Å². The number of ether oxygens (including phenoxy) is 2. The summed E-state index contributed by atoms with van der Waals surface area (Å²) < 4.78 is 11.0.